The van der Waals surface area contributed by atoms with Crippen LogP contribution in [0.25, 0.3) is 0 Å². The summed E-state index contributed by atoms with van der Waals surface area (Å²) in [7, 11) is 0. The SMILES string of the molecule is CC(C)n1nccc1NC(=O)COC(=O)c1ccc(Cn2cccn2)cc1. The molecular formula is C19H21N5O3. The van der Waals surface area contributed by atoms with Crippen LogP contribution in [0.5, 0.6) is 0 Å². The minimum Gasteiger partial charge on any atom is -0.452 e. The molecule has 140 valence electrons. The predicted octanol–water partition coefficient (Wildman–Crippen LogP) is 2.50. The Balaban J connectivity index is 1.51. The van der Waals surface area contributed by atoms with Gasteiger partial charge in [0.2, 0.25) is 0 Å². The molecule has 8 nitrogen and oxygen atoms in total. The van der Waals surface area contributed by atoms with Gasteiger partial charge in [-0.1, -0.05) is 12.1 Å². The molecule has 0 radical (unpaired) electrons. The van der Waals surface area contributed by atoms with Crippen LogP contribution in [0.1, 0.15) is 35.8 Å². The predicted molar refractivity (Wildman–Crippen MR) is 99.3 cm³/mol. The smallest absolute Gasteiger partial charge is 0.338 e. The lowest BCUT2D eigenvalue weighted by molar-refractivity contribution is -0.119. The molecule has 0 spiro atoms. The van der Waals surface area contributed by atoms with Crippen LogP contribution in [0.15, 0.2) is 55.0 Å². The van der Waals surface area contributed by atoms with Gasteiger partial charge in [0.1, 0.15) is 5.82 Å². The number of rotatable bonds is 7. The molecule has 0 unspecified atom stereocenters. The molecule has 2 aromatic heterocycles. The molecule has 0 bridgehead atoms. The summed E-state index contributed by atoms with van der Waals surface area (Å²) in [5.74, 6) is -0.400. The number of carbonyl (C=O) groups is 2. The molecule has 1 aromatic carbocycles. The Kier molecular flexibility index (Phi) is 5.65. The lowest BCUT2D eigenvalue weighted by atomic mass is 10.1. The van der Waals surface area contributed by atoms with Gasteiger partial charge in [-0.3, -0.25) is 9.48 Å². The van der Waals surface area contributed by atoms with Crippen molar-refractivity contribution in [3.8, 4) is 0 Å². The van der Waals surface area contributed by atoms with Crippen LogP contribution in [-0.4, -0.2) is 38.0 Å². The van der Waals surface area contributed by atoms with Crippen molar-refractivity contribution in [2.45, 2.75) is 26.4 Å². The summed E-state index contributed by atoms with van der Waals surface area (Å²) in [5.41, 5.74) is 1.40. The van der Waals surface area contributed by atoms with Crippen molar-refractivity contribution in [3.63, 3.8) is 0 Å². The zero-order chi connectivity index (χ0) is 19.2. The fraction of sp³-hybridized carbons (Fsp3) is 0.263. The van der Waals surface area contributed by atoms with Crippen LogP contribution in [0.4, 0.5) is 5.82 Å². The number of hydrogen-bond acceptors (Lipinski definition) is 5. The Labute approximate surface area is 156 Å². The molecule has 3 aromatic rings. The summed E-state index contributed by atoms with van der Waals surface area (Å²) in [5, 5.41) is 11.0. The maximum Gasteiger partial charge on any atom is 0.338 e. The molecule has 0 saturated carbocycles. The second kappa shape index (κ2) is 8.31. The largest absolute Gasteiger partial charge is 0.452 e. The number of aromatic nitrogens is 4. The van der Waals surface area contributed by atoms with Crippen LogP contribution >= 0.6 is 0 Å². The van der Waals surface area contributed by atoms with E-state index in [0.29, 0.717) is 17.9 Å². The Morgan fingerprint density at radius 2 is 1.89 bits per heavy atom. The summed E-state index contributed by atoms with van der Waals surface area (Å²) in [4.78, 5) is 24.1. The first-order valence-corrected chi connectivity index (χ1v) is 8.60. The maximum atomic E-state index is 12.1. The molecule has 2 heterocycles. The molecule has 3 rings (SSSR count). The first-order valence-electron chi connectivity index (χ1n) is 8.60. The van der Waals surface area contributed by atoms with Crippen LogP contribution in [0.3, 0.4) is 0 Å². The normalized spacial score (nSPS) is 10.8. The Bertz CT molecular complexity index is 898. The first-order chi connectivity index (χ1) is 13.0. The number of nitrogens with zero attached hydrogens (tertiary/aromatic N) is 4. The van der Waals surface area contributed by atoms with Gasteiger partial charge in [-0.05, 0) is 37.6 Å². The van der Waals surface area contributed by atoms with E-state index in [1.807, 2.05) is 38.2 Å². The number of anilines is 1. The molecule has 8 heteroatoms. The summed E-state index contributed by atoms with van der Waals surface area (Å²) in [6.45, 7) is 4.17. The van der Waals surface area contributed by atoms with Gasteiger partial charge in [0.15, 0.2) is 6.61 Å². The van der Waals surface area contributed by atoms with Gasteiger partial charge in [-0.15, -0.1) is 0 Å². The van der Waals surface area contributed by atoms with Gasteiger partial charge in [0.25, 0.3) is 5.91 Å². The Hall–Kier alpha value is -3.42. The van der Waals surface area contributed by atoms with Gasteiger partial charge in [0, 0.05) is 24.5 Å². The third-order valence-corrected chi connectivity index (χ3v) is 3.85. The molecule has 1 N–H and O–H groups in total. The molecule has 0 aliphatic rings. The van der Waals surface area contributed by atoms with Gasteiger partial charge < -0.3 is 10.1 Å². The van der Waals surface area contributed by atoms with E-state index < -0.39 is 11.9 Å². The van der Waals surface area contributed by atoms with E-state index >= 15 is 0 Å². The zero-order valence-electron chi connectivity index (χ0n) is 15.2. The molecule has 0 aliphatic carbocycles. The number of esters is 1. The van der Waals surface area contributed by atoms with Crippen molar-refractivity contribution in [2.75, 3.05) is 11.9 Å². The summed E-state index contributed by atoms with van der Waals surface area (Å²) in [6, 6.07) is 10.7. The average molecular weight is 367 g/mol. The number of benzene rings is 1. The summed E-state index contributed by atoms with van der Waals surface area (Å²) < 4.78 is 8.56. The number of ether oxygens (including phenoxy) is 1. The third-order valence-electron chi connectivity index (χ3n) is 3.85. The van der Waals surface area contributed by atoms with Crippen molar-refractivity contribution < 1.29 is 14.3 Å². The van der Waals surface area contributed by atoms with Crippen molar-refractivity contribution in [1.82, 2.24) is 19.6 Å². The topological polar surface area (TPSA) is 91.0 Å². The minimum atomic E-state index is -0.548. The highest BCUT2D eigenvalue weighted by atomic mass is 16.5. The second-order valence-electron chi connectivity index (χ2n) is 6.28. The zero-order valence-corrected chi connectivity index (χ0v) is 15.2. The van der Waals surface area contributed by atoms with Gasteiger partial charge in [-0.25, -0.2) is 9.48 Å². The summed E-state index contributed by atoms with van der Waals surface area (Å²) in [6.07, 6.45) is 5.18. The van der Waals surface area contributed by atoms with Crippen LogP contribution in [0, 0.1) is 0 Å². The van der Waals surface area contributed by atoms with Gasteiger partial charge in [0.05, 0.1) is 18.3 Å². The first kappa shape index (κ1) is 18.4. The second-order valence-corrected chi connectivity index (χ2v) is 6.28. The molecule has 1 amide bonds. The van der Waals surface area contributed by atoms with E-state index in [4.69, 9.17) is 4.74 Å². The molecule has 0 fully saturated rings. The van der Waals surface area contributed by atoms with Crippen molar-refractivity contribution >= 4 is 17.7 Å². The van der Waals surface area contributed by atoms with E-state index in [1.54, 1.807) is 40.0 Å². The van der Waals surface area contributed by atoms with Crippen LogP contribution < -0.4 is 5.32 Å². The van der Waals surface area contributed by atoms with E-state index in [0.717, 1.165) is 5.56 Å². The van der Waals surface area contributed by atoms with E-state index in [9.17, 15) is 9.59 Å². The molecule has 0 saturated heterocycles. The highest BCUT2D eigenvalue weighted by Gasteiger charge is 2.13. The van der Waals surface area contributed by atoms with Crippen molar-refractivity contribution in [2.24, 2.45) is 0 Å². The highest BCUT2D eigenvalue weighted by molar-refractivity contribution is 5.95. The van der Waals surface area contributed by atoms with Crippen LogP contribution in [0.2, 0.25) is 0 Å². The highest BCUT2D eigenvalue weighted by Crippen LogP contribution is 2.13. The van der Waals surface area contributed by atoms with Crippen molar-refractivity contribution in [3.05, 3.63) is 66.1 Å². The van der Waals surface area contributed by atoms with E-state index in [2.05, 4.69) is 15.5 Å². The van der Waals surface area contributed by atoms with Crippen LogP contribution in [-0.2, 0) is 16.1 Å². The average Bonchev–Trinajstić information content (AvgIpc) is 3.32. The fourth-order valence-corrected chi connectivity index (χ4v) is 2.55. The number of nitrogens with one attached hydrogen (secondary N) is 1. The van der Waals surface area contributed by atoms with Gasteiger partial charge >= 0.3 is 5.97 Å². The molecule has 0 aliphatic heterocycles. The number of carbonyl (C=O) groups excluding carboxylic acids is 2. The standard InChI is InChI=1S/C19H21N5O3/c1-14(2)24-17(8-10-21-24)22-18(25)13-27-19(26)16-6-4-15(5-7-16)12-23-11-3-9-20-23/h3-11,14H,12-13H2,1-2H3,(H,22,25). The Morgan fingerprint density at radius 3 is 2.56 bits per heavy atom. The van der Waals surface area contributed by atoms with E-state index in [-0.39, 0.29) is 12.6 Å². The van der Waals surface area contributed by atoms with Crippen molar-refractivity contribution in [1.29, 1.82) is 0 Å². The quantitative estimate of drug-likeness (QED) is 0.648. The molecular weight excluding hydrogens is 346 g/mol. The monoisotopic (exact) mass is 367 g/mol. The molecule has 27 heavy (non-hydrogen) atoms. The van der Waals surface area contributed by atoms with E-state index in [1.165, 1.54) is 0 Å². The molecule has 0 atom stereocenters. The number of amides is 1. The lowest BCUT2D eigenvalue weighted by Gasteiger charge is -2.12. The third kappa shape index (κ3) is 4.81. The fourth-order valence-electron chi connectivity index (χ4n) is 2.55. The minimum absolute atomic E-state index is 0.109. The Morgan fingerprint density at radius 1 is 1.11 bits per heavy atom. The lowest BCUT2D eigenvalue weighted by Crippen LogP contribution is -2.23. The summed E-state index contributed by atoms with van der Waals surface area (Å²) >= 11 is 0. The van der Waals surface area contributed by atoms with Gasteiger partial charge in [-0.2, -0.15) is 10.2 Å². The number of hydrogen-bond donors (Lipinski definition) is 1. The maximum absolute atomic E-state index is 12.1.